The van der Waals surface area contributed by atoms with Crippen molar-refractivity contribution in [2.75, 3.05) is 45.2 Å². The van der Waals surface area contributed by atoms with Crippen LogP contribution in [-0.4, -0.2) is 71.9 Å². The third kappa shape index (κ3) is 4.05. The lowest BCUT2D eigenvalue weighted by molar-refractivity contribution is -0.116. The third-order valence-corrected chi connectivity index (χ3v) is 6.42. The van der Waals surface area contributed by atoms with E-state index in [0.29, 0.717) is 5.69 Å². The van der Waals surface area contributed by atoms with Gasteiger partial charge in [0.05, 0.1) is 25.2 Å². The van der Waals surface area contributed by atoms with Crippen LogP contribution < -0.4 is 9.64 Å². The summed E-state index contributed by atoms with van der Waals surface area (Å²) in [4.78, 5) is 30.3. The smallest absolute Gasteiger partial charge is 0.344 e. The number of carbonyl (C=O) groups is 2. The number of nitrogens with zero attached hydrogens (tertiary/aromatic N) is 5. The molecule has 0 aliphatic carbocycles. The topological polar surface area (TPSA) is 70.9 Å². The van der Waals surface area contributed by atoms with Gasteiger partial charge in [0.2, 0.25) is 5.91 Å². The van der Waals surface area contributed by atoms with Crippen LogP contribution in [0.5, 0.6) is 5.75 Å². The molecule has 1 spiro atoms. The van der Waals surface area contributed by atoms with E-state index in [2.05, 4.69) is 22.1 Å². The average molecular weight is 412 g/mol. The number of benzene rings is 1. The minimum Gasteiger partial charge on any atom is -0.497 e. The molecule has 1 atom stereocenters. The third-order valence-electron chi connectivity index (χ3n) is 6.42. The molecule has 2 aromatic rings. The first-order valence-corrected chi connectivity index (χ1v) is 10.3. The molecule has 4 rings (SSSR count). The van der Waals surface area contributed by atoms with Crippen LogP contribution in [0.1, 0.15) is 25.3 Å². The van der Waals surface area contributed by atoms with Crippen molar-refractivity contribution < 1.29 is 14.3 Å². The van der Waals surface area contributed by atoms with Crippen LogP contribution in [0.2, 0.25) is 0 Å². The van der Waals surface area contributed by atoms with E-state index < -0.39 is 0 Å². The normalized spacial score (nSPS) is 21.4. The van der Waals surface area contributed by atoms with Crippen LogP contribution >= 0.6 is 0 Å². The Morgan fingerprint density at radius 3 is 2.60 bits per heavy atom. The van der Waals surface area contributed by atoms with Crippen LogP contribution in [0.25, 0.3) is 0 Å². The monoisotopic (exact) mass is 411 g/mol. The average Bonchev–Trinajstić information content (AvgIpc) is 3.48. The van der Waals surface area contributed by atoms with E-state index >= 15 is 0 Å². The number of hydrogen-bond donors (Lipinski definition) is 0. The van der Waals surface area contributed by atoms with Crippen molar-refractivity contribution in [2.24, 2.45) is 5.41 Å². The predicted octanol–water partition coefficient (Wildman–Crippen LogP) is 2.44. The van der Waals surface area contributed by atoms with Crippen molar-refractivity contribution in [3.63, 3.8) is 0 Å². The highest BCUT2D eigenvalue weighted by molar-refractivity contribution is 5.91. The molecule has 0 radical (unpaired) electrons. The van der Waals surface area contributed by atoms with E-state index in [1.165, 1.54) is 22.1 Å². The molecule has 160 valence electrons. The number of methoxy groups -OCH3 is 1. The molecule has 1 aromatic carbocycles. The fourth-order valence-corrected chi connectivity index (χ4v) is 4.50. The molecule has 0 saturated carbocycles. The SMILES string of the molecule is COc1ccc(CN2CCC3(CCN(C(=O)n4cc(N(C)C(C)=O)cn4)C3)C2)cc1. The summed E-state index contributed by atoms with van der Waals surface area (Å²) in [5, 5.41) is 4.18. The van der Waals surface area contributed by atoms with Gasteiger partial charge in [-0.05, 0) is 37.1 Å². The first kappa shape index (κ1) is 20.4. The summed E-state index contributed by atoms with van der Waals surface area (Å²) < 4.78 is 6.58. The second-order valence-electron chi connectivity index (χ2n) is 8.48. The fraction of sp³-hybridized carbons (Fsp3) is 0.500. The number of aromatic nitrogens is 2. The fourth-order valence-electron chi connectivity index (χ4n) is 4.50. The molecule has 2 fully saturated rings. The second-order valence-corrected chi connectivity index (χ2v) is 8.48. The molecule has 2 aliphatic rings. The molecule has 2 amide bonds. The highest BCUT2D eigenvalue weighted by Crippen LogP contribution is 2.40. The number of anilines is 1. The molecular formula is C22H29N5O3. The summed E-state index contributed by atoms with van der Waals surface area (Å²) in [6.45, 7) is 5.94. The Labute approximate surface area is 177 Å². The highest BCUT2D eigenvalue weighted by Gasteiger charge is 2.45. The van der Waals surface area contributed by atoms with Gasteiger partial charge in [0, 0.05) is 45.6 Å². The van der Waals surface area contributed by atoms with Crippen LogP contribution in [0.4, 0.5) is 10.5 Å². The largest absolute Gasteiger partial charge is 0.497 e. The summed E-state index contributed by atoms with van der Waals surface area (Å²) in [5.74, 6) is 0.780. The number of hydrogen-bond acceptors (Lipinski definition) is 5. The molecule has 2 aliphatic heterocycles. The summed E-state index contributed by atoms with van der Waals surface area (Å²) in [6, 6.07) is 8.10. The van der Waals surface area contributed by atoms with Crippen LogP contribution in [0.15, 0.2) is 36.7 Å². The van der Waals surface area contributed by atoms with Gasteiger partial charge in [0.1, 0.15) is 5.75 Å². The summed E-state index contributed by atoms with van der Waals surface area (Å²) >= 11 is 0. The van der Waals surface area contributed by atoms with Crippen molar-refractivity contribution >= 4 is 17.6 Å². The molecule has 0 bridgehead atoms. The van der Waals surface area contributed by atoms with E-state index in [9.17, 15) is 9.59 Å². The van der Waals surface area contributed by atoms with Gasteiger partial charge in [0.25, 0.3) is 0 Å². The zero-order valence-corrected chi connectivity index (χ0v) is 17.9. The highest BCUT2D eigenvalue weighted by atomic mass is 16.5. The van der Waals surface area contributed by atoms with Crippen molar-refractivity contribution in [1.29, 1.82) is 0 Å². The number of likely N-dealkylation sites (tertiary alicyclic amines) is 2. The van der Waals surface area contributed by atoms with Gasteiger partial charge >= 0.3 is 6.03 Å². The van der Waals surface area contributed by atoms with Crippen molar-refractivity contribution in [3.8, 4) is 5.75 Å². The second kappa shape index (κ2) is 8.10. The Hall–Kier alpha value is -2.87. The van der Waals surface area contributed by atoms with Crippen LogP contribution in [-0.2, 0) is 11.3 Å². The van der Waals surface area contributed by atoms with Gasteiger partial charge in [-0.15, -0.1) is 0 Å². The molecule has 1 aromatic heterocycles. The number of rotatable bonds is 4. The van der Waals surface area contributed by atoms with E-state index in [0.717, 1.165) is 51.3 Å². The zero-order chi connectivity index (χ0) is 21.3. The van der Waals surface area contributed by atoms with Crippen molar-refractivity contribution in [2.45, 2.75) is 26.3 Å². The van der Waals surface area contributed by atoms with Crippen molar-refractivity contribution in [3.05, 3.63) is 42.2 Å². The van der Waals surface area contributed by atoms with Gasteiger partial charge < -0.3 is 14.5 Å². The minimum atomic E-state index is -0.122. The molecular weight excluding hydrogens is 382 g/mol. The maximum absolute atomic E-state index is 12.9. The molecule has 8 nitrogen and oxygen atoms in total. The maximum atomic E-state index is 12.9. The van der Waals surface area contributed by atoms with Gasteiger partial charge in [-0.2, -0.15) is 9.78 Å². The molecule has 1 unspecified atom stereocenters. The lowest BCUT2D eigenvalue weighted by atomic mass is 9.86. The van der Waals surface area contributed by atoms with Crippen LogP contribution in [0, 0.1) is 5.41 Å². The van der Waals surface area contributed by atoms with E-state index in [4.69, 9.17) is 4.74 Å². The van der Waals surface area contributed by atoms with Gasteiger partial charge in [-0.25, -0.2) is 4.79 Å². The van der Waals surface area contributed by atoms with Crippen molar-refractivity contribution in [1.82, 2.24) is 19.6 Å². The molecule has 0 N–H and O–H groups in total. The first-order chi connectivity index (χ1) is 14.4. The summed E-state index contributed by atoms with van der Waals surface area (Å²) in [6.07, 6.45) is 5.29. The lowest BCUT2D eigenvalue weighted by Gasteiger charge is -2.24. The standard InChI is InChI=1S/C22H29N5O3/c1-17(28)24(2)19-12-23-27(14-19)21(29)26-11-9-22(16-26)8-10-25(15-22)13-18-4-6-20(30-3)7-5-18/h4-7,12,14H,8-11,13,15-16H2,1-3H3. The predicted molar refractivity (Wildman–Crippen MR) is 114 cm³/mol. The molecule has 30 heavy (non-hydrogen) atoms. The minimum absolute atomic E-state index is 0.0926. The van der Waals surface area contributed by atoms with Gasteiger partial charge in [-0.1, -0.05) is 12.1 Å². The van der Waals surface area contributed by atoms with Crippen LogP contribution in [0.3, 0.4) is 0 Å². The van der Waals surface area contributed by atoms with Gasteiger partial charge in [-0.3, -0.25) is 9.69 Å². The van der Waals surface area contributed by atoms with E-state index in [-0.39, 0.29) is 17.4 Å². The number of ether oxygens (including phenoxy) is 1. The summed E-state index contributed by atoms with van der Waals surface area (Å²) in [5.41, 5.74) is 2.06. The van der Waals surface area contributed by atoms with Gasteiger partial charge in [0.15, 0.2) is 0 Å². The molecule has 8 heteroatoms. The summed E-state index contributed by atoms with van der Waals surface area (Å²) in [7, 11) is 3.35. The number of amides is 2. The molecule has 3 heterocycles. The van der Waals surface area contributed by atoms with E-state index in [1.807, 2.05) is 17.0 Å². The zero-order valence-electron chi connectivity index (χ0n) is 17.9. The first-order valence-electron chi connectivity index (χ1n) is 10.3. The number of carbonyl (C=O) groups excluding carboxylic acids is 2. The maximum Gasteiger partial charge on any atom is 0.344 e. The Morgan fingerprint density at radius 1 is 1.17 bits per heavy atom. The Bertz CT molecular complexity index is 925. The van der Waals surface area contributed by atoms with E-state index in [1.54, 1.807) is 26.6 Å². The molecule has 2 saturated heterocycles. The Morgan fingerprint density at radius 2 is 1.90 bits per heavy atom. The lowest BCUT2D eigenvalue weighted by Crippen LogP contribution is -2.36. The Kier molecular flexibility index (Phi) is 5.51. The quantitative estimate of drug-likeness (QED) is 0.773. The Balaban J connectivity index is 1.35.